The summed E-state index contributed by atoms with van der Waals surface area (Å²) in [5.41, 5.74) is 2.81. The third-order valence-corrected chi connectivity index (χ3v) is 5.15. The van der Waals surface area contributed by atoms with Crippen molar-refractivity contribution in [3.63, 3.8) is 0 Å². The Hall–Kier alpha value is -0.540. The third-order valence-electron chi connectivity index (χ3n) is 4.58. The van der Waals surface area contributed by atoms with Crippen LogP contribution in [0.5, 0.6) is 0 Å². The van der Waals surface area contributed by atoms with Gasteiger partial charge in [0.15, 0.2) is 0 Å². The summed E-state index contributed by atoms with van der Waals surface area (Å²) in [6, 6.07) is 2.23. The van der Waals surface area contributed by atoms with Crippen molar-refractivity contribution in [3.8, 4) is 0 Å². The van der Waals surface area contributed by atoms with Crippen molar-refractivity contribution in [2.45, 2.75) is 65.5 Å². The molecule has 3 nitrogen and oxygen atoms in total. The molecule has 1 aromatic heterocycles. The minimum Gasteiger partial charge on any atom is -0.311 e. The normalized spacial score (nSPS) is 18.4. The average Bonchev–Trinajstić information content (AvgIpc) is 2.90. The van der Waals surface area contributed by atoms with Gasteiger partial charge in [-0.25, -0.2) is 0 Å². The van der Waals surface area contributed by atoms with Crippen molar-refractivity contribution in [3.05, 3.63) is 17.5 Å². The monoisotopic (exact) mass is 297 g/mol. The molecule has 1 aromatic rings. The summed E-state index contributed by atoms with van der Waals surface area (Å²) in [6.45, 7) is 7.19. The molecular weight excluding hydrogens is 270 g/mol. The number of alkyl halides is 1. The van der Waals surface area contributed by atoms with Gasteiger partial charge >= 0.3 is 0 Å². The minimum absolute atomic E-state index is 0.324. The van der Waals surface area contributed by atoms with Crippen LogP contribution in [0.25, 0.3) is 0 Å². The van der Waals surface area contributed by atoms with E-state index in [4.69, 9.17) is 11.6 Å². The van der Waals surface area contributed by atoms with E-state index in [1.54, 1.807) is 0 Å². The van der Waals surface area contributed by atoms with E-state index in [9.17, 15) is 0 Å². The minimum atomic E-state index is 0.324. The first-order valence-corrected chi connectivity index (χ1v) is 8.59. The van der Waals surface area contributed by atoms with Crippen molar-refractivity contribution < 1.29 is 0 Å². The van der Waals surface area contributed by atoms with Crippen LogP contribution in [0.3, 0.4) is 0 Å². The van der Waals surface area contributed by atoms with Crippen LogP contribution < -0.4 is 5.32 Å². The molecule has 0 atom stereocenters. The summed E-state index contributed by atoms with van der Waals surface area (Å²) in [6.07, 6.45) is 7.60. The fraction of sp³-hybridized carbons (Fsp3) is 0.812. The van der Waals surface area contributed by atoms with Crippen LogP contribution in [-0.2, 0) is 19.5 Å². The van der Waals surface area contributed by atoms with Gasteiger partial charge in [-0.3, -0.25) is 4.68 Å². The van der Waals surface area contributed by atoms with Gasteiger partial charge in [0.25, 0.3) is 0 Å². The van der Waals surface area contributed by atoms with E-state index < -0.39 is 0 Å². The van der Waals surface area contributed by atoms with Gasteiger partial charge in [0.2, 0.25) is 0 Å². The average molecular weight is 298 g/mol. The first-order valence-electron chi connectivity index (χ1n) is 8.05. The Kier molecular flexibility index (Phi) is 5.91. The third kappa shape index (κ3) is 3.76. The van der Waals surface area contributed by atoms with E-state index in [0.29, 0.717) is 5.41 Å². The lowest BCUT2D eigenvalue weighted by Gasteiger charge is -2.35. The van der Waals surface area contributed by atoms with Gasteiger partial charge in [0.1, 0.15) is 0 Å². The maximum Gasteiger partial charge on any atom is 0.0625 e. The van der Waals surface area contributed by atoms with Crippen LogP contribution in [0.1, 0.15) is 57.3 Å². The lowest BCUT2D eigenvalue weighted by atomic mass is 9.75. The Bertz CT molecular complexity index is 408. The van der Waals surface area contributed by atoms with Crippen molar-refractivity contribution in [2.24, 2.45) is 5.41 Å². The van der Waals surface area contributed by atoms with Crippen LogP contribution in [0, 0.1) is 5.41 Å². The zero-order chi connectivity index (χ0) is 14.4. The maximum atomic E-state index is 6.25. The number of rotatable bonds is 7. The molecule has 0 aromatic carbocycles. The molecule has 0 saturated heterocycles. The second-order valence-electron chi connectivity index (χ2n) is 6.09. The topological polar surface area (TPSA) is 29.9 Å². The largest absolute Gasteiger partial charge is 0.311 e. The molecule has 1 aliphatic carbocycles. The highest BCUT2D eigenvalue weighted by atomic mass is 35.5. The van der Waals surface area contributed by atoms with Gasteiger partial charge in [0, 0.05) is 25.5 Å². The summed E-state index contributed by atoms with van der Waals surface area (Å²) < 4.78 is 2.11. The molecule has 0 spiro atoms. The van der Waals surface area contributed by atoms with Crippen LogP contribution >= 0.6 is 11.6 Å². The first kappa shape index (κ1) is 15.8. The first-order chi connectivity index (χ1) is 9.73. The Balaban J connectivity index is 1.89. The Morgan fingerprint density at radius 2 is 2.05 bits per heavy atom. The zero-order valence-corrected chi connectivity index (χ0v) is 13.7. The highest BCUT2D eigenvalue weighted by Gasteiger charge is 2.30. The Labute approximate surface area is 128 Å². The highest BCUT2D eigenvalue weighted by molar-refractivity contribution is 6.18. The molecular formula is C16H28ClN3. The number of hydrogen-bond acceptors (Lipinski definition) is 2. The van der Waals surface area contributed by atoms with Crippen LogP contribution in [0.2, 0.25) is 0 Å². The fourth-order valence-electron chi connectivity index (χ4n) is 3.22. The fourth-order valence-corrected chi connectivity index (χ4v) is 3.58. The molecule has 1 N–H and O–H groups in total. The number of aryl methyl sites for hydroxylation is 2. The smallest absolute Gasteiger partial charge is 0.0625 e. The molecule has 1 aliphatic rings. The summed E-state index contributed by atoms with van der Waals surface area (Å²) >= 11 is 6.25. The highest BCUT2D eigenvalue weighted by Crippen LogP contribution is 2.36. The second-order valence-corrected chi connectivity index (χ2v) is 6.36. The van der Waals surface area contributed by atoms with Crippen molar-refractivity contribution in [2.75, 3.05) is 12.4 Å². The molecule has 0 bridgehead atoms. The van der Waals surface area contributed by atoms with Gasteiger partial charge < -0.3 is 5.32 Å². The summed E-state index contributed by atoms with van der Waals surface area (Å²) in [5.74, 6) is 0.785. The quantitative estimate of drug-likeness (QED) is 0.777. The molecule has 1 fully saturated rings. The number of nitrogens with zero attached hydrogens (tertiary/aromatic N) is 2. The molecule has 2 rings (SSSR count). The van der Waals surface area contributed by atoms with Crippen molar-refractivity contribution in [1.82, 2.24) is 15.1 Å². The Morgan fingerprint density at radius 3 is 2.65 bits per heavy atom. The molecule has 0 aliphatic heterocycles. The predicted octanol–water partition coefficient (Wildman–Crippen LogP) is 3.74. The van der Waals surface area contributed by atoms with Gasteiger partial charge in [-0.15, -0.1) is 11.6 Å². The second kappa shape index (κ2) is 7.46. The number of aromatic nitrogens is 2. The van der Waals surface area contributed by atoms with E-state index in [2.05, 4.69) is 35.0 Å². The summed E-state index contributed by atoms with van der Waals surface area (Å²) in [7, 11) is 0. The van der Waals surface area contributed by atoms with Crippen LogP contribution in [-0.4, -0.2) is 22.2 Å². The standard InChI is InChI=1S/C16H28ClN3/c1-3-14-10-15(20(4-2)19-14)11-18-13-16(12-17)8-6-5-7-9-16/h10,18H,3-9,11-13H2,1-2H3. The predicted molar refractivity (Wildman–Crippen MR) is 85.2 cm³/mol. The summed E-state index contributed by atoms with van der Waals surface area (Å²) in [5, 5.41) is 8.23. The van der Waals surface area contributed by atoms with Gasteiger partial charge in [0.05, 0.1) is 11.4 Å². The Morgan fingerprint density at radius 1 is 1.30 bits per heavy atom. The summed E-state index contributed by atoms with van der Waals surface area (Å²) in [4.78, 5) is 0. The number of nitrogens with one attached hydrogen (secondary N) is 1. The van der Waals surface area contributed by atoms with Crippen molar-refractivity contribution >= 4 is 11.6 Å². The molecule has 4 heteroatoms. The van der Waals surface area contributed by atoms with E-state index in [1.165, 1.54) is 43.5 Å². The molecule has 20 heavy (non-hydrogen) atoms. The van der Waals surface area contributed by atoms with Gasteiger partial charge in [-0.2, -0.15) is 5.10 Å². The van der Waals surface area contributed by atoms with Crippen molar-refractivity contribution in [1.29, 1.82) is 0 Å². The van der Waals surface area contributed by atoms with E-state index >= 15 is 0 Å². The molecule has 1 saturated carbocycles. The van der Waals surface area contributed by atoms with E-state index in [1.807, 2.05) is 0 Å². The zero-order valence-electron chi connectivity index (χ0n) is 12.9. The molecule has 0 radical (unpaired) electrons. The van der Waals surface area contributed by atoms with E-state index in [-0.39, 0.29) is 0 Å². The SMILES string of the molecule is CCc1cc(CNCC2(CCl)CCCCC2)n(CC)n1. The molecule has 1 heterocycles. The van der Waals surface area contributed by atoms with Gasteiger partial charge in [-0.05, 0) is 37.7 Å². The lowest BCUT2D eigenvalue weighted by Crippen LogP contribution is -2.37. The van der Waals surface area contributed by atoms with E-state index in [0.717, 1.165) is 31.9 Å². The van der Waals surface area contributed by atoms with Gasteiger partial charge in [-0.1, -0.05) is 26.2 Å². The van der Waals surface area contributed by atoms with Crippen LogP contribution in [0.4, 0.5) is 0 Å². The molecule has 114 valence electrons. The van der Waals surface area contributed by atoms with Crippen LogP contribution in [0.15, 0.2) is 6.07 Å². The molecule has 0 unspecified atom stereocenters. The number of hydrogen-bond donors (Lipinski definition) is 1. The number of halogens is 1. The lowest BCUT2D eigenvalue weighted by molar-refractivity contribution is 0.211. The maximum absolute atomic E-state index is 6.25. The molecule has 0 amide bonds.